The molecule has 1 N–H and O–H groups in total. The molecule has 5 rings (SSSR count). The molecule has 0 amide bonds. The SMILES string of the molecule is Cc1c(CC[NH+]2CCc3nc(-c4ccc(C#N)cc4F)ncc3C2)ccc2c1COC2=O. The van der Waals surface area contributed by atoms with E-state index in [2.05, 4.69) is 16.9 Å². The zero-order valence-electron chi connectivity index (χ0n) is 17.7. The van der Waals surface area contributed by atoms with E-state index in [9.17, 15) is 9.18 Å². The van der Waals surface area contributed by atoms with Gasteiger partial charge in [-0.1, -0.05) is 6.07 Å². The van der Waals surface area contributed by atoms with Crippen molar-refractivity contribution < 1.29 is 18.8 Å². The molecule has 6 nitrogen and oxygen atoms in total. The topological polar surface area (TPSA) is 80.3 Å². The van der Waals surface area contributed by atoms with E-state index in [-0.39, 0.29) is 11.5 Å². The van der Waals surface area contributed by atoms with Gasteiger partial charge in [0.05, 0.1) is 41.5 Å². The number of carbonyl (C=O) groups is 1. The number of aromatic nitrogens is 2. The summed E-state index contributed by atoms with van der Waals surface area (Å²) >= 11 is 0. The third-order valence-corrected chi connectivity index (χ3v) is 6.48. The number of benzene rings is 2. The molecule has 0 bridgehead atoms. The lowest BCUT2D eigenvalue weighted by Gasteiger charge is -2.25. The molecule has 32 heavy (non-hydrogen) atoms. The zero-order chi connectivity index (χ0) is 22.2. The third-order valence-electron chi connectivity index (χ3n) is 6.48. The minimum atomic E-state index is -0.483. The monoisotopic (exact) mass is 429 g/mol. The number of rotatable bonds is 4. The van der Waals surface area contributed by atoms with Crippen LogP contribution < -0.4 is 4.90 Å². The molecular formula is C25H22FN4O2+. The van der Waals surface area contributed by atoms with Gasteiger partial charge in [-0.25, -0.2) is 19.2 Å². The summed E-state index contributed by atoms with van der Waals surface area (Å²) in [5, 5.41) is 8.92. The number of hydrogen-bond acceptors (Lipinski definition) is 5. The first-order valence-corrected chi connectivity index (χ1v) is 10.7. The second kappa shape index (κ2) is 8.13. The van der Waals surface area contributed by atoms with Crippen molar-refractivity contribution in [3.8, 4) is 17.5 Å². The molecule has 0 saturated heterocycles. The molecule has 3 aromatic rings. The quantitative estimate of drug-likeness (QED) is 0.644. The van der Waals surface area contributed by atoms with Crippen molar-refractivity contribution in [1.82, 2.24) is 9.97 Å². The van der Waals surface area contributed by atoms with Crippen LogP contribution in [0.15, 0.2) is 36.5 Å². The third kappa shape index (κ3) is 3.63. The Morgan fingerprint density at radius 2 is 2.09 bits per heavy atom. The van der Waals surface area contributed by atoms with E-state index in [1.54, 1.807) is 18.3 Å². The van der Waals surface area contributed by atoms with Crippen molar-refractivity contribution in [2.45, 2.75) is 32.9 Å². The molecule has 3 heterocycles. The summed E-state index contributed by atoms with van der Waals surface area (Å²) < 4.78 is 19.5. The normalized spacial score (nSPS) is 16.8. The summed E-state index contributed by atoms with van der Waals surface area (Å²) in [7, 11) is 0. The second-order valence-corrected chi connectivity index (χ2v) is 8.35. The van der Waals surface area contributed by atoms with E-state index < -0.39 is 5.82 Å². The number of halogens is 1. The smallest absolute Gasteiger partial charge is 0.338 e. The summed E-state index contributed by atoms with van der Waals surface area (Å²) in [6.07, 6.45) is 3.54. The average Bonchev–Trinajstić information content (AvgIpc) is 3.19. The molecule has 7 heteroatoms. The number of quaternary nitrogens is 1. The number of nitrogens with one attached hydrogen (secondary N) is 1. The number of hydrogen-bond donors (Lipinski definition) is 1. The Bertz CT molecular complexity index is 1280. The highest BCUT2D eigenvalue weighted by Crippen LogP contribution is 2.26. The second-order valence-electron chi connectivity index (χ2n) is 8.35. The lowest BCUT2D eigenvalue weighted by atomic mass is 9.96. The molecule has 2 aliphatic rings. The molecule has 0 aliphatic carbocycles. The fourth-order valence-electron chi connectivity index (χ4n) is 4.55. The number of esters is 1. The maximum absolute atomic E-state index is 14.4. The first-order valence-electron chi connectivity index (χ1n) is 10.7. The van der Waals surface area contributed by atoms with Gasteiger partial charge in [0.25, 0.3) is 0 Å². The lowest BCUT2D eigenvalue weighted by Crippen LogP contribution is -3.12. The Balaban J connectivity index is 1.28. The van der Waals surface area contributed by atoms with Gasteiger partial charge in [-0.3, -0.25) is 0 Å². The minimum absolute atomic E-state index is 0.229. The highest BCUT2D eigenvalue weighted by atomic mass is 19.1. The van der Waals surface area contributed by atoms with Gasteiger partial charge in [0, 0.05) is 30.2 Å². The van der Waals surface area contributed by atoms with Gasteiger partial charge in [0.15, 0.2) is 5.82 Å². The van der Waals surface area contributed by atoms with Gasteiger partial charge >= 0.3 is 5.97 Å². The number of nitrogens with zero attached hydrogens (tertiary/aromatic N) is 3. The van der Waals surface area contributed by atoms with E-state index in [1.807, 2.05) is 18.2 Å². The molecular weight excluding hydrogens is 407 g/mol. The standard InChI is InChI=1S/C25H21FN4O2/c1-15-17(3-5-19-21(15)14-32-25(19)31)6-8-30-9-7-23-18(13-30)12-28-24(29-23)20-4-2-16(11-27)10-22(20)26/h2-5,10,12H,6-9,13-14H2,1H3/p+1. The highest BCUT2D eigenvalue weighted by Gasteiger charge is 2.25. The molecule has 1 atom stereocenters. The van der Waals surface area contributed by atoms with Crippen LogP contribution in [0.1, 0.15) is 43.9 Å². The fourth-order valence-corrected chi connectivity index (χ4v) is 4.55. The highest BCUT2D eigenvalue weighted by molar-refractivity contribution is 5.93. The van der Waals surface area contributed by atoms with Crippen LogP contribution in [0.3, 0.4) is 0 Å². The van der Waals surface area contributed by atoms with Crippen LogP contribution in [-0.2, 0) is 30.7 Å². The first-order chi connectivity index (χ1) is 15.5. The Hall–Kier alpha value is -3.63. The molecule has 0 spiro atoms. The van der Waals surface area contributed by atoms with Crippen LogP contribution in [0.4, 0.5) is 4.39 Å². The molecule has 1 aromatic heterocycles. The van der Waals surface area contributed by atoms with Crippen LogP contribution in [0.5, 0.6) is 0 Å². The predicted molar refractivity (Wildman–Crippen MR) is 114 cm³/mol. The average molecular weight is 429 g/mol. The Labute approximate surface area is 185 Å². The maximum atomic E-state index is 14.4. The molecule has 2 aliphatic heterocycles. The van der Waals surface area contributed by atoms with Gasteiger partial charge < -0.3 is 9.64 Å². The van der Waals surface area contributed by atoms with Crippen molar-refractivity contribution in [1.29, 1.82) is 5.26 Å². The molecule has 0 radical (unpaired) electrons. The number of nitriles is 1. The molecule has 0 fully saturated rings. The summed E-state index contributed by atoms with van der Waals surface area (Å²) in [5.74, 6) is -0.350. The van der Waals surface area contributed by atoms with Gasteiger partial charge in [-0.05, 0) is 42.3 Å². The van der Waals surface area contributed by atoms with Crippen molar-refractivity contribution in [2.75, 3.05) is 13.1 Å². The van der Waals surface area contributed by atoms with Gasteiger partial charge in [-0.15, -0.1) is 0 Å². The summed E-state index contributed by atoms with van der Waals surface area (Å²) in [6, 6.07) is 10.2. The van der Waals surface area contributed by atoms with Crippen LogP contribution >= 0.6 is 0 Å². The van der Waals surface area contributed by atoms with Crippen molar-refractivity contribution >= 4 is 5.97 Å². The summed E-state index contributed by atoms with van der Waals surface area (Å²) in [6.45, 7) is 5.19. The van der Waals surface area contributed by atoms with Crippen molar-refractivity contribution in [3.05, 3.63) is 81.4 Å². The van der Waals surface area contributed by atoms with Crippen molar-refractivity contribution in [3.63, 3.8) is 0 Å². The van der Waals surface area contributed by atoms with E-state index in [1.165, 1.54) is 16.5 Å². The van der Waals surface area contributed by atoms with E-state index in [0.29, 0.717) is 23.6 Å². The van der Waals surface area contributed by atoms with E-state index in [4.69, 9.17) is 10.00 Å². The zero-order valence-corrected chi connectivity index (χ0v) is 17.7. The first kappa shape index (κ1) is 20.3. The molecule has 2 aromatic carbocycles. The minimum Gasteiger partial charge on any atom is -0.457 e. The number of ether oxygens (including phenoxy) is 1. The van der Waals surface area contributed by atoms with Gasteiger partial charge in [0.1, 0.15) is 19.0 Å². The molecule has 1 unspecified atom stereocenters. The van der Waals surface area contributed by atoms with E-state index >= 15 is 0 Å². The Morgan fingerprint density at radius 3 is 2.91 bits per heavy atom. The molecule has 160 valence electrons. The summed E-state index contributed by atoms with van der Waals surface area (Å²) in [4.78, 5) is 22.2. The fraction of sp³-hybridized carbons (Fsp3) is 0.280. The van der Waals surface area contributed by atoms with E-state index in [0.717, 1.165) is 54.9 Å². The van der Waals surface area contributed by atoms with Crippen LogP contribution in [0.2, 0.25) is 0 Å². The largest absolute Gasteiger partial charge is 0.457 e. The van der Waals surface area contributed by atoms with Gasteiger partial charge in [-0.2, -0.15) is 5.26 Å². The number of carbonyl (C=O) groups excluding carboxylic acids is 1. The lowest BCUT2D eigenvalue weighted by molar-refractivity contribution is -0.915. The van der Waals surface area contributed by atoms with Crippen LogP contribution in [0, 0.1) is 24.1 Å². The van der Waals surface area contributed by atoms with Crippen molar-refractivity contribution in [2.24, 2.45) is 0 Å². The predicted octanol–water partition coefficient (Wildman–Crippen LogP) is 2.32. The summed E-state index contributed by atoms with van der Waals surface area (Å²) in [5.41, 5.74) is 6.77. The van der Waals surface area contributed by atoms with Crippen LogP contribution in [0.25, 0.3) is 11.4 Å². The molecule has 0 saturated carbocycles. The maximum Gasteiger partial charge on any atom is 0.338 e. The Kier molecular flexibility index (Phi) is 5.16. The number of fused-ring (bicyclic) bond motifs is 2. The Morgan fingerprint density at radius 1 is 1.25 bits per heavy atom. The van der Waals surface area contributed by atoms with Crippen LogP contribution in [-0.4, -0.2) is 29.0 Å². The van der Waals surface area contributed by atoms with Gasteiger partial charge in [0.2, 0.25) is 0 Å². The number of cyclic esters (lactones) is 1.